The molecule has 8 heteroatoms. The van der Waals surface area contributed by atoms with Crippen LogP contribution in [0, 0.1) is 17.2 Å². The zero-order valence-corrected chi connectivity index (χ0v) is 22.9. The number of carbonyl (C=O) groups excluding carboxylic acids is 1. The van der Waals surface area contributed by atoms with Gasteiger partial charge >= 0.3 is 6.03 Å². The Morgan fingerprint density at radius 3 is 2.29 bits per heavy atom. The highest BCUT2D eigenvalue weighted by atomic mass is 16.2. The molecule has 200 valence electrons. The highest BCUT2D eigenvalue weighted by molar-refractivity contribution is 5.76. The summed E-state index contributed by atoms with van der Waals surface area (Å²) in [6.07, 6.45) is 5.39. The Labute approximate surface area is 226 Å². The average Bonchev–Trinajstić information content (AvgIpc) is 3.57. The van der Waals surface area contributed by atoms with Crippen LogP contribution in [0.15, 0.2) is 47.7 Å². The van der Waals surface area contributed by atoms with E-state index in [9.17, 15) is 4.79 Å². The number of urea groups is 1. The molecule has 3 aliphatic rings. The van der Waals surface area contributed by atoms with E-state index in [0.29, 0.717) is 38.1 Å². The molecule has 3 saturated heterocycles. The van der Waals surface area contributed by atoms with Gasteiger partial charge in [-0.15, -0.1) is 0 Å². The zero-order valence-electron chi connectivity index (χ0n) is 22.9. The van der Waals surface area contributed by atoms with Crippen molar-refractivity contribution in [2.75, 3.05) is 52.4 Å². The van der Waals surface area contributed by atoms with Crippen LogP contribution in [0.2, 0.25) is 0 Å². The lowest BCUT2D eigenvalue weighted by Gasteiger charge is -2.43. The Balaban J connectivity index is 1.25. The van der Waals surface area contributed by atoms with E-state index in [2.05, 4.69) is 77.9 Å². The van der Waals surface area contributed by atoms with E-state index < -0.39 is 0 Å². The summed E-state index contributed by atoms with van der Waals surface area (Å²) in [5.41, 5.74) is 5.81. The third-order valence-corrected chi connectivity index (χ3v) is 8.38. The van der Waals surface area contributed by atoms with Crippen LogP contribution in [0.4, 0.5) is 4.79 Å². The standard InChI is InChI=1S/C30H39N7O/c1-5-28(33-12-14-34(15-13-33)30(38)36-18-23(17-31)19-36)29-16-27(21-37(29)32-4)25-8-6-24(7-9-25)26-10-11-35(20-26)22(2)3/h5-9,16,21-23,26H,4,10-15,18-20H2,1-3H3/b28-5+/t26-/m0/s1. The SMILES string of the molecule is C=Nn1cc(-c2ccc([C@H]3CCN(C(C)C)C3)cc2)cc1/C(=C\C)N1CCN(C(=O)N2CC(C#N)C2)CC1. The Morgan fingerprint density at radius 2 is 1.71 bits per heavy atom. The van der Waals surface area contributed by atoms with E-state index in [1.165, 1.54) is 24.1 Å². The van der Waals surface area contributed by atoms with Gasteiger partial charge in [-0.2, -0.15) is 10.4 Å². The molecule has 0 spiro atoms. The first-order valence-electron chi connectivity index (χ1n) is 13.8. The molecular formula is C30H39N7O. The molecule has 3 fully saturated rings. The topological polar surface area (TPSA) is 71.1 Å². The fourth-order valence-electron chi connectivity index (χ4n) is 5.94. The summed E-state index contributed by atoms with van der Waals surface area (Å²) in [5.74, 6) is 0.591. The summed E-state index contributed by atoms with van der Waals surface area (Å²) in [4.78, 5) is 21.3. The molecule has 0 N–H and O–H groups in total. The van der Waals surface area contributed by atoms with Crippen LogP contribution >= 0.6 is 0 Å². The van der Waals surface area contributed by atoms with Gasteiger partial charge in [-0.25, -0.2) is 9.47 Å². The van der Waals surface area contributed by atoms with Gasteiger partial charge in [0.05, 0.1) is 23.4 Å². The summed E-state index contributed by atoms with van der Waals surface area (Å²) >= 11 is 0. The second-order valence-corrected chi connectivity index (χ2v) is 11.0. The number of aromatic nitrogens is 1. The number of hydrogen-bond acceptors (Lipinski definition) is 5. The first-order chi connectivity index (χ1) is 18.4. The van der Waals surface area contributed by atoms with Gasteiger partial charge in [-0.05, 0) is 56.8 Å². The summed E-state index contributed by atoms with van der Waals surface area (Å²) in [6, 6.07) is 14.1. The largest absolute Gasteiger partial charge is 0.367 e. The van der Waals surface area contributed by atoms with Crippen molar-refractivity contribution in [1.82, 2.24) is 24.3 Å². The van der Waals surface area contributed by atoms with E-state index in [1.807, 2.05) is 22.7 Å². The van der Waals surface area contributed by atoms with E-state index in [4.69, 9.17) is 5.26 Å². The van der Waals surface area contributed by atoms with Crippen molar-refractivity contribution >= 4 is 18.4 Å². The molecular weight excluding hydrogens is 474 g/mol. The van der Waals surface area contributed by atoms with Crippen molar-refractivity contribution in [3.05, 3.63) is 53.9 Å². The van der Waals surface area contributed by atoms with Gasteiger partial charge in [0.25, 0.3) is 0 Å². The molecule has 38 heavy (non-hydrogen) atoms. The maximum absolute atomic E-state index is 12.8. The molecule has 5 rings (SSSR count). The normalized spacial score (nSPS) is 21.1. The highest BCUT2D eigenvalue weighted by Crippen LogP contribution is 2.32. The number of nitriles is 1. The van der Waals surface area contributed by atoms with Gasteiger partial charge in [0, 0.05) is 70.3 Å². The third-order valence-electron chi connectivity index (χ3n) is 8.38. The van der Waals surface area contributed by atoms with Crippen LogP contribution < -0.4 is 0 Å². The van der Waals surface area contributed by atoms with Crippen molar-refractivity contribution in [2.45, 2.75) is 39.2 Å². The molecule has 4 heterocycles. The number of likely N-dealkylation sites (tertiary alicyclic amines) is 2. The lowest BCUT2D eigenvalue weighted by molar-refractivity contribution is 0.0939. The molecule has 1 atom stereocenters. The minimum atomic E-state index is -0.0163. The van der Waals surface area contributed by atoms with Crippen LogP contribution in [0.1, 0.15) is 44.4 Å². The van der Waals surface area contributed by atoms with Crippen molar-refractivity contribution in [3.8, 4) is 17.2 Å². The van der Waals surface area contributed by atoms with Crippen LogP contribution in [-0.2, 0) is 0 Å². The van der Waals surface area contributed by atoms with E-state index in [-0.39, 0.29) is 11.9 Å². The Morgan fingerprint density at radius 1 is 1.03 bits per heavy atom. The van der Waals surface area contributed by atoms with E-state index in [1.54, 1.807) is 4.90 Å². The minimum Gasteiger partial charge on any atom is -0.367 e. The maximum Gasteiger partial charge on any atom is 0.320 e. The summed E-state index contributed by atoms with van der Waals surface area (Å²) in [6.45, 7) is 16.7. The number of rotatable bonds is 6. The highest BCUT2D eigenvalue weighted by Gasteiger charge is 2.35. The first kappa shape index (κ1) is 26.1. The summed E-state index contributed by atoms with van der Waals surface area (Å²) < 4.78 is 1.86. The number of benzene rings is 1. The average molecular weight is 514 g/mol. The van der Waals surface area contributed by atoms with E-state index in [0.717, 1.165) is 36.6 Å². The van der Waals surface area contributed by atoms with Crippen molar-refractivity contribution in [2.24, 2.45) is 11.0 Å². The Hall–Kier alpha value is -3.57. The van der Waals surface area contributed by atoms with Crippen LogP contribution in [0.3, 0.4) is 0 Å². The van der Waals surface area contributed by atoms with Gasteiger partial charge in [0.15, 0.2) is 0 Å². The number of carbonyl (C=O) groups is 1. The molecule has 0 saturated carbocycles. The predicted molar refractivity (Wildman–Crippen MR) is 152 cm³/mol. The minimum absolute atomic E-state index is 0.0163. The zero-order chi connectivity index (χ0) is 26.8. The third kappa shape index (κ3) is 5.08. The Bertz CT molecular complexity index is 1220. The van der Waals surface area contributed by atoms with Crippen LogP contribution in [0.25, 0.3) is 16.8 Å². The second kappa shape index (κ2) is 11.0. The maximum atomic E-state index is 12.8. The molecule has 0 unspecified atom stereocenters. The predicted octanol–water partition coefficient (Wildman–Crippen LogP) is 4.37. The fraction of sp³-hybridized carbons (Fsp3) is 0.500. The molecule has 0 bridgehead atoms. The molecule has 0 aliphatic carbocycles. The van der Waals surface area contributed by atoms with Gasteiger partial charge < -0.3 is 19.6 Å². The van der Waals surface area contributed by atoms with Gasteiger partial charge in [-0.1, -0.05) is 30.3 Å². The molecule has 1 aromatic carbocycles. The number of nitrogens with zero attached hydrogens (tertiary/aromatic N) is 7. The van der Waals surface area contributed by atoms with Gasteiger partial charge in [-0.3, -0.25) is 0 Å². The lowest BCUT2D eigenvalue weighted by atomic mass is 9.96. The van der Waals surface area contributed by atoms with Crippen molar-refractivity contribution < 1.29 is 4.79 Å². The number of piperazine rings is 1. The molecule has 3 aliphatic heterocycles. The number of allylic oxidation sites excluding steroid dienone is 1. The molecule has 2 amide bonds. The monoisotopic (exact) mass is 513 g/mol. The second-order valence-electron chi connectivity index (χ2n) is 11.0. The number of hydrogen-bond donors (Lipinski definition) is 0. The fourth-order valence-corrected chi connectivity index (χ4v) is 5.94. The summed E-state index contributed by atoms with van der Waals surface area (Å²) in [5, 5.41) is 13.3. The van der Waals surface area contributed by atoms with Crippen molar-refractivity contribution in [1.29, 1.82) is 5.26 Å². The van der Waals surface area contributed by atoms with Crippen molar-refractivity contribution in [3.63, 3.8) is 0 Å². The van der Waals surface area contributed by atoms with Crippen LogP contribution in [0.5, 0.6) is 0 Å². The lowest BCUT2D eigenvalue weighted by Crippen LogP contribution is -2.58. The van der Waals surface area contributed by atoms with Crippen LogP contribution in [-0.4, -0.2) is 95.4 Å². The molecule has 2 aromatic rings. The Kier molecular flexibility index (Phi) is 7.57. The van der Waals surface area contributed by atoms with Gasteiger partial charge in [0.1, 0.15) is 0 Å². The van der Waals surface area contributed by atoms with Gasteiger partial charge in [0.2, 0.25) is 0 Å². The first-order valence-corrected chi connectivity index (χ1v) is 13.8. The number of amides is 2. The molecule has 1 aromatic heterocycles. The quantitative estimate of drug-likeness (QED) is 0.538. The smallest absolute Gasteiger partial charge is 0.320 e. The molecule has 8 nitrogen and oxygen atoms in total. The molecule has 0 radical (unpaired) electrons. The summed E-state index contributed by atoms with van der Waals surface area (Å²) in [7, 11) is 0. The van der Waals surface area contributed by atoms with E-state index >= 15 is 0 Å².